The van der Waals surface area contributed by atoms with Crippen LogP contribution in [-0.4, -0.2) is 98.2 Å². The number of carbonyl (C=O) groups is 2. The van der Waals surface area contributed by atoms with Crippen molar-refractivity contribution in [3.05, 3.63) is 87.4 Å². The van der Waals surface area contributed by atoms with E-state index >= 15 is 0 Å². The molecular formula is C34H44Cl2N6O7S. The van der Waals surface area contributed by atoms with Crippen molar-refractivity contribution in [2.45, 2.75) is 24.3 Å². The van der Waals surface area contributed by atoms with Gasteiger partial charge in [0.1, 0.15) is 0 Å². The molecule has 4 amide bonds. The molecule has 0 bridgehead atoms. The number of fused-ring (bicyclic) bond motifs is 1. The first kappa shape index (κ1) is 39.3. The lowest BCUT2D eigenvalue weighted by atomic mass is 9.85. The fraction of sp³-hybridized carbons (Fsp3) is 0.412. The predicted octanol–water partition coefficient (Wildman–Crippen LogP) is 4.86. The van der Waals surface area contributed by atoms with Gasteiger partial charge in [-0.15, -0.1) is 0 Å². The maximum atomic E-state index is 12.8. The number of ether oxygens (including phenoxy) is 3. The smallest absolute Gasteiger partial charge is 0.319 e. The number of urea groups is 2. The zero-order chi connectivity index (χ0) is 35.9. The number of sulfonamides is 1. The molecule has 1 atom stereocenters. The largest absolute Gasteiger partial charge is 0.378 e. The Morgan fingerprint density at radius 3 is 1.96 bits per heavy atom. The Hall–Kier alpha value is -3.47. The number of carbonyl (C=O) groups excluding carboxylic acids is 2. The number of halogens is 2. The summed E-state index contributed by atoms with van der Waals surface area (Å²) in [5, 5.41) is 11.9. The maximum Gasteiger partial charge on any atom is 0.319 e. The van der Waals surface area contributed by atoms with Gasteiger partial charge in [0.05, 0.1) is 44.5 Å². The fourth-order valence-corrected chi connectivity index (χ4v) is 6.85. The number of benzene rings is 3. The Bertz CT molecular complexity index is 1660. The normalized spacial score (nSPS) is 14.5. The van der Waals surface area contributed by atoms with E-state index in [2.05, 4.69) is 30.9 Å². The lowest BCUT2D eigenvalue weighted by molar-refractivity contribution is 0.0165. The van der Waals surface area contributed by atoms with Gasteiger partial charge >= 0.3 is 12.1 Å². The van der Waals surface area contributed by atoms with E-state index < -0.39 is 10.0 Å². The summed E-state index contributed by atoms with van der Waals surface area (Å²) in [5.74, 6) is 0.0185. The maximum absolute atomic E-state index is 12.8. The number of amides is 4. The van der Waals surface area contributed by atoms with Crippen LogP contribution in [0.25, 0.3) is 0 Å². The standard InChI is InChI=1S/C34H44Cl2N6O7S/c1-3-37-33(43)40-26-6-8-27(9-7-26)41-34(44)38-12-14-47-16-18-49-19-17-48-15-13-39-50(45,46)28-10-4-24(5-11-28)30-22-42(2)23-31-29(30)20-25(35)21-32(31)36/h4-11,20-21,30,39H,3,12-19,22-23H2,1-2H3,(H2,37,40,43)(H2,38,41,44). The van der Waals surface area contributed by atoms with Crippen LogP contribution in [0.1, 0.15) is 29.5 Å². The molecule has 1 unspecified atom stereocenters. The van der Waals surface area contributed by atoms with Crippen molar-refractivity contribution >= 4 is 56.7 Å². The average Bonchev–Trinajstić information content (AvgIpc) is 3.08. The van der Waals surface area contributed by atoms with Gasteiger partial charge < -0.3 is 40.4 Å². The molecule has 0 fully saturated rings. The Labute approximate surface area is 303 Å². The van der Waals surface area contributed by atoms with Gasteiger partial charge in [-0.3, -0.25) is 0 Å². The van der Waals surface area contributed by atoms with Crippen molar-refractivity contribution in [3.8, 4) is 0 Å². The van der Waals surface area contributed by atoms with Gasteiger partial charge in [-0.1, -0.05) is 35.3 Å². The first-order chi connectivity index (χ1) is 24.1. The number of hydrogen-bond donors (Lipinski definition) is 5. The van der Waals surface area contributed by atoms with Crippen LogP contribution >= 0.6 is 23.2 Å². The second kappa shape index (κ2) is 19.8. The molecule has 4 rings (SSSR count). The molecular weight excluding hydrogens is 707 g/mol. The van der Waals surface area contributed by atoms with Crippen LogP contribution in [0.4, 0.5) is 21.0 Å². The fourth-order valence-electron chi connectivity index (χ4n) is 5.27. The summed E-state index contributed by atoms with van der Waals surface area (Å²) in [5.41, 5.74) is 4.27. The number of hydrogen-bond acceptors (Lipinski definition) is 8. The SMILES string of the molecule is CCNC(=O)Nc1ccc(NC(=O)NCCOCCOCCOCCNS(=O)(=O)c2ccc(C3CN(C)Cc4c(Cl)cc(Cl)cc43)cc2)cc1. The van der Waals surface area contributed by atoms with Crippen LogP contribution < -0.4 is 26.0 Å². The first-order valence-electron chi connectivity index (χ1n) is 16.2. The molecule has 0 radical (unpaired) electrons. The van der Waals surface area contributed by atoms with Crippen LogP contribution in [0.2, 0.25) is 10.0 Å². The Balaban J connectivity index is 1.03. The van der Waals surface area contributed by atoms with Gasteiger partial charge in [-0.05, 0) is 79.2 Å². The Kier molecular flexibility index (Phi) is 15.6. The molecule has 272 valence electrons. The minimum absolute atomic E-state index is 0.0185. The Morgan fingerprint density at radius 1 is 0.800 bits per heavy atom. The molecule has 1 aliphatic heterocycles. The molecule has 0 saturated heterocycles. The quantitative estimate of drug-likeness (QED) is 0.115. The van der Waals surface area contributed by atoms with Gasteiger partial charge in [0, 0.05) is 60.1 Å². The van der Waals surface area contributed by atoms with E-state index in [9.17, 15) is 18.0 Å². The highest BCUT2D eigenvalue weighted by Crippen LogP contribution is 2.38. The second-order valence-electron chi connectivity index (χ2n) is 11.5. The molecule has 0 aromatic heterocycles. The summed E-state index contributed by atoms with van der Waals surface area (Å²) in [6, 6.07) is 16.6. The van der Waals surface area contributed by atoms with Crippen molar-refractivity contribution in [2.24, 2.45) is 0 Å². The van der Waals surface area contributed by atoms with Crippen molar-refractivity contribution in [2.75, 3.05) is 83.5 Å². The Morgan fingerprint density at radius 2 is 1.36 bits per heavy atom. The van der Waals surface area contributed by atoms with Crippen LogP contribution in [0.15, 0.2) is 65.6 Å². The molecule has 1 aliphatic rings. The van der Waals surface area contributed by atoms with Crippen LogP contribution in [0.3, 0.4) is 0 Å². The van der Waals surface area contributed by atoms with E-state index in [0.29, 0.717) is 67.5 Å². The molecule has 5 N–H and O–H groups in total. The molecule has 13 nitrogen and oxygen atoms in total. The second-order valence-corrected chi connectivity index (χ2v) is 14.1. The van der Waals surface area contributed by atoms with E-state index in [1.807, 2.05) is 32.2 Å². The van der Waals surface area contributed by atoms with E-state index in [4.69, 9.17) is 37.4 Å². The van der Waals surface area contributed by atoms with E-state index in [0.717, 1.165) is 29.8 Å². The number of likely N-dealkylation sites (N-methyl/N-ethyl adjacent to an activating group) is 1. The summed E-state index contributed by atoms with van der Waals surface area (Å²) < 4.78 is 44.6. The van der Waals surface area contributed by atoms with Crippen LogP contribution in [0.5, 0.6) is 0 Å². The van der Waals surface area contributed by atoms with Crippen LogP contribution in [-0.2, 0) is 30.8 Å². The number of anilines is 2. The summed E-state index contributed by atoms with van der Waals surface area (Å²) in [6.07, 6.45) is 0. The molecule has 0 spiro atoms. The van der Waals surface area contributed by atoms with E-state index in [1.165, 1.54) is 0 Å². The van der Waals surface area contributed by atoms with Crippen LogP contribution in [0, 0.1) is 0 Å². The zero-order valence-electron chi connectivity index (χ0n) is 28.1. The monoisotopic (exact) mass is 750 g/mol. The molecule has 1 heterocycles. The molecule has 16 heteroatoms. The van der Waals surface area contributed by atoms with Gasteiger partial charge in [0.2, 0.25) is 10.0 Å². The van der Waals surface area contributed by atoms with Crippen molar-refractivity contribution in [1.29, 1.82) is 0 Å². The van der Waals surface area contributed by atoms with Crippen molar-refractivity contribution < 1.29 is 32.2 Å². The van der Waals surface area contributed by atoms with E-state index in [1.54, 1.807) is 42.5 Å². The van der Waals surface area contributed by atoms with Crippen molar-refractivity contribution in [3.63, 3.8) is 0 Å². The van der Waals surface area contributed by atoms with Gasteiger partial charge in [0.25, 0.3) is 0 Å². The third-order valence-electron chi connectivity index (χ3n) is 7.64. The number of nitrogens with zero attached hydrogens (tertiary/aromatic N) is 1. The molecule has 0 saturated carbocycles. The van der Waals surface area contributed by atoms with E-state index in [-0.39, 0.29) is 36.0 Å². The van der Waals surface area contributed by atoms with Crippen molar-refractivity contribution in [1.82, 2.24) is 20.3 Å². The number of nitrogens with one attached hydrogen (secondary N) is 5. The highest BCUT2D eigenvalue weighted by Gasteiger charge is 2.27. The third-order valence-corrected chi connectivity index (χ3v) is 9.67. The minimum Gasteiger partial charge on any atom is -0.378 e. The summed E-state index contributed by atoms with van der Waals surface area (Å²) in [7, 11) is -1.68. The lowest BCUT2D eigenvalue weighted by Gasteiger charge is -2.33. The zero-order valence-corrected chi connectivity index (χ0v) is 30.4. The number of rotatable bonds is 18. The predicted molar refractivity (Wildman–Crippen MR) is 195 cm³/mol. The third kappa shape index (κ3) is 12.4. The lowest BCUT2D eigenvalue weighted by Crippen LogP contribution is -2.31. The highest BCUT2D eigenvalue weighted by atomic mass is 35.5. The van der Waals surface area contributed by atoms with Gasteiger partial charge in [-0.2, -0.15) is 0 Å². The molecule has 3 aromatic rings. The molecule has 0 aliphatic carbocycles. The highest BCUT2D eigenvalue weighted by molar-refractivity contribution is 7.89. The molecule has 50 heavy (non-hydrogen) atoms. The van der Waals surface area contributed by atoms with Gasteiger partial charge in [-0.25, -0.2) is 22.7 Å². The topological polar surface area (TPSA) is 159 Å². The average molecular weight is 752 g/mol. The first-order valence-corrected chi connectivity index (χ1v) is 18.5. The summed E-state index contributed by atoms with van der Waals surface area (Å²) >= 11 is 12.8. The molecule has 3 aromatic carbocycles. The van der Waals surface area contributed by atoms with Gasteiger partial charge in [0.15, 0.2) is 0 Å². The summed E-state index contributed by atoms with van der Waals surface area (Å²) in [4.78, 5) is 26.0. The minimum atomic E-state index is -3.71. The summed E-state index contributed by atoms with van der Waals surface area (Å²) in [6.45, 7) is 6.07.